The molecule has 0 aliphatic carbocycles. The quantitative estimate of drug-likeness (QED) is 0.927. The van der Waals surface area contributed by atoms with Crippen molar-refractivity contribution in [2.45, 2.75) is 43.7 Å². The molecule has 1 spiro atoms. The van der Waals surface area contributed by atoms with Crippen LogP contribution < -0.4 is 5.32 Å². The van der Waals surface area contributed by atoms with Gasteiger partial charge < -0.3 is 10.1 Å². The molecule has 2 aliphatic rings. The number of ether oxygens (including phenoxy) is 1. The van der Waals surface area contributed by atoms with Crippen LogP contribution in [0, 0.1) is 5.92 Å². The first-order valence-corrected chi connectivity index (χ1v) is 9.26. The fourth-order valence-electron chi connectivity index (χ4n) is 3.75. The highest BCUT2D eigenvalue weighted by atomic mass is 32.2. The summed E-state index contributed by atoms with van der Waals surface area (Å²) < 4.78 is 6.22. The van der Waals surface area contributed by atoms with Crippen molar-refractivity contribution in [3.63, 3.8) is 0 Å². The van der Waals surface area contributed by atoms with Crippen LogP contribution in [0.4, 0.5) is 0 Å². The molecule has 0 bridgehead atoms. The molecule has 4 heteroatoms. The highest BCUT2D eigenvalue weighted by molar-refractivity contribution is 7.99. The molecule has 0 saturated carbocycles. The van der Waals surface area contributed by atoms with Crippen molar-refractivity contribution in [3.8, 4) is 0 Å². The van der Waals surface area contributed by atoms with Crippen molar-refractivity contribution in [1.29, 1.82) is 0 Å². The number of nitrogens with zero attached hydrogens (tertiary/aromatic N) is 1. The van der Waals surface area contributed by atoms with Gasteiger partial charge in [0.2, 0.25) is 0 Å². The van der Waals surface area contributed by atoms with Gasteiger partial charge >= 0.3 is 0 Å². The van der Waals surface area contributed by atoms with E-state index in [9.17, 15) is 0 Å². The molecule has 0 aromatic carbocycles. The predicted octanol–water partition coefficient (Wildman–Crippen LogP) is 2.90. The Morgan fingerprint density at radius 2 is 2.29 bits per heavy atom. The largest absolute Gasteiger partial charge is 0.375 e. The average Bonchev–Trinajstić information content (AvgIpc) is 2.54. The fourth-order valence-corrected chi connectivity index (χ4v) is 4.99. The molecular weight excluding hydrogens is 280 g/mol. The van der Waals surface area contributed by atoms with E-state index in [2.05, 4.69) is 41.2 Å². The first-order chi connectivity index (χ1) is 10.3. The van der Waals surface area contributed by atoms with E-state index >= 15 is 0 Å². The minimum atomic E-state index is 0.174. The third-order valence-corrected chi connectivity index (χ3v) is 6.02. The lowest BCUT2D eigenvalue weighted by atomic mass is 9.77. The molecule has 3 heterocycles. The minimum Gasteiger partial charge on any atom is -0.375 e. The monoisotopic (exact) mass is 306 g/mol. The van der Waals surface area contributed by atoms with Crippen LogP contribution in [0.5, 0.6) is 0 Å². The molecule has 0 amide bonds. The average molecular weight is 306 g/mol. The van der Waals surface area contributed by atoms with Crippen LogP contribution in [0.25, 0.3) is 0 Å². The SMILES string of the molecule is CNC(Cc1ccccn1)C1CCOC2(CCSCC2)C1. The Kier molecular flexibility index (Phi) is 5.19. The van der Waals surface area contributed by atoms with Crippen LogP contribution in [-0.4, -0.2) is 41.8 Å². The second-order valence-electron chi connectivity index (χ2n) is 6.32. The third-order valence-electron chi connectivity index (χ3n) is 5.03. The van der Waals surface area contributed by atoms with Gasteiger partial charge in [0.05, 0.1) is 5.60 Å². The fraction of sp³-hybridized carbons (Fsp3) is 0.706. The van der Waals surface area contributed by atoms with E-state index in [4.69, 9.17) is 4.74 Å². The maximum absolute atomic E-state index is 6.22. The molecular formula is C17H26N2OS. The van der Waals surface area contributed by atoms with E-state index in [1.54, 1.807) is 0 Å². The summed E-state index contributed by atoms with van der Waals surface area (Å²) in [4.78, 5) is 4.49. The van der Waals surface area contributed by atoms with Gasteiger partial charge in [-0.3, -0.25) is 4.98 Å². The Morgan fingerprint density at radius 1 is 1.43 bits per heavy atom. The van der Waals surface area contributed by atoms with Crippen molar-refractivity contribution >= 4 is 11.8 Å². The van der Waals surface area contributed by atoms with Crippen LogP contribution in [0.1, 0.15) is 31.4 Å². The molecule has 1 aromatic rings. The molecule has 1 N–H and O–H groups in total. The van der Waals surface area contributed by atoms with Crippen molar-refractivity contribution in [3.05, 3.63) is 30.1 Å². The summed E-state index contributed by atoms with van der Waals surface area (Å²) in [7, 11) is 2.09. The summed E-state index contributed by atoms with van der Waals surface area (Å²) in [6.45, 7) is 0.926. The number of rotatable bonds is 4. The maximum Gasteiger partial charge on any atom is 0.0701 e. The van der Waals surface area contributed by atoms with Crippen LogP contribution in [-0.2, 0) is 11.2 Å². The number of hydrogen-bond acceptors (Lipinski definition) is 4. The third kappa shape index (κ3) is 3.79. The summed E-state index contributed by atoms with van der Waals surface area (Å²) in [6.07, 6.45) is 7.76. The van der Waals surface area contributed by atoms with E-state index in [1.165, 1.54) is 42.9 Å². The number of aromatic nitrogens is 1. The zero-order valence-electron chi connectivity index (χ0n) is 12.9. The van der Waals surface area contributed by atoms with Gasteiger partial charge in [-0.05, 0) is 62.3 Å². The van der Waals surface area contributed by atoms with Crippen LogP contribution >= 0.6 is 11.8 Å². The van der Waals surface area contributed by atoms with E-state index in [1.807, 2.05) is 12.3 Å². The highest BCUT2D eigenvalue weighted by Gasteiger charge is 2.40. The van der Waals surface area contributed by atoms with Gasteiger partial charge in [-0.2, -0.15) is 11.8 Å². The predicted molar refractivity (Wildman–Crippen MR) is 88.8 cm³/mol. The van der Waals surface area contributed by atoms with Crippen molar-refractivity contribution in [1.82, 2.24) is 10.3 Å². The number of likely N-dealkylation sites (N-methyl/N-ethyl adjacent to an activating group) is 1. The van der Waals surface area contributed by atoms with Gasteiger partial charge in [-0.1, -0.05) is 6.07 Å². The molecule has 2 atom stereocenters. The van der Waals surface area contributed by atoms with E-state index in [0.29, 0.717) is 12.0 Å². The Morgan fingerprint density at radius 3 is 3.00 bits per heavy atom. The number of pyridine rings is 1. The maximum atomic E-state index is 6.22. The number of thioether (sulfide) groups is 1. The van der Waals surface area contributed by atoms with Gasteiger partial charge in [0.25, 0.3) is 0 Å². The molecule has 2 fully saturated rings. The highest BCUT2D eigenvalue weighted by Crippen LogP contribution is 2.40. The number of hydrogen-bond donors (Lipinski definition) is 1. The topological polar surface area (TPSA) is 34.2 Å². The van der Waals surface area contributed by atoms with Gasteiger partial charge in [-0.25, -0.2) is 0 Å². The smallest absolute Gasteiger partial charge is 0.0701 e. The first kappa shape index (κ1) is 15.3. The molecule has 2 saturated heterocycles. The van der Waals surface area contributed by atoms with Crippen LogP contribution in [0.15, 0.2) is 24.4 Å². The molecule has 3 nitrogen and oxygen atoms in total. The molecule has 3 rings (SSSR count). The van der Waals surface area contributed by atoms with Crippen LogP contribution in [0.3, 0.4) is 0 Å². The molecule has 2 aliphatic heterocycles. The molecule has 116 valence electrons. The Bertz CT molecular complexity index is 428. The lowest BCUT2D eigenvalue weighted by Crippen LogP contribution is -2.48. The van der Waals surface area contributed by atoms with E-state index in [-0.39, 0.29) is 5.60 Å². The second-order valence-corrected chi connectivity index (χ2v) is 7.54. The van der Waals surface area contributed by atoms with Crippen molar-refractivity contribution in [2.24, 2.45) is 5.92 Å². The van der Waals surface area contributed by atoms with Gasteiger partial charge in [0.1, 0.15) is 0 Å². The van der Waals surface area contributed by atoms with E-state index < -0.39 is 0 Å². The normalized spacial score (nSPS) is 26.6. The molecule has 0 radical (unpaired) electrons. The lowest BCUT2D eigenvalue weighted by Gasteiger charge is -2.45. The Hall–Kier alpha value is -0.580. The van der Waals surface area contributed by atoms with Gasteiger partial charge in [-0.15, -0.1) is 0 Å². The molecule has 1 aromatic heterocycles. The van der Waals surface area contributed by atoms with Crippen LogP contribution in [0.2, 0.25) is 0 Å². The second kappa shape index (κ2) is 7.12. The summed E-state index contributed by atoms with van der Waals surface area (Å²) in [5.41, 5.74) is 1.37. The van der Waals surface area contributed by atoms with E-state index in [0.717, 1.165) is 13.0 Å². The Labute approximate surface area is 132 Å². The zero-order chi connectivity index (χ0) is 14.5. The van der Waals surface area contributed by atoms with Gasteiger partial charge in [0.15, 0.2) is 0 Å². The summed E-state index contributed by atoms with van der Waals surface area (Å²) in [5.74, 6) is 3.22. The van der Waals surface area contributed by atoms with Crippen molar-refractivity contribution < 1.29 is 4.74 Å². The molecule has 2 unspecified atom stereocenters. The Balaban J connectivity index is 1.65. The molecule has 21 heavy (non-hydrogen) atoms. The van der Waals surface area contributed by atoms with Crippen molar-refractivity contribution in [2.75, 3.05) is 25.2 Å². The van der Waals surface area contributed by atoms with Gasteiger partial charge in [0, 0.05) is 31.0 Å². The zero-order valence-corrected chi connectivity index (χ0v) is 13.7. The summed E-state index contributed by atoms with van der Waals surface area (Å²) >= 11 is 2.07. The summed E-state index contributed by atoms with van der Waals surface area (Å²) in [5, 5.41) is 3.54. The first-order valence-electron chi connectivity index (χ1n) is 8.10. The lowest BCUT2D eigenvalue weighted by molar-refractivity contribution is -0.107. The number of nitrogens with one attached hydrogen (secondary N) is 1. The standard InChI is InChI=1S/C17H26N2OS/c1-18-16(12-15-4-2-3-8-19-15)14-5-9-20-17(13-14)6-10-21-11-7-17/h2-4,8,14,16,18H,5-7,9-13H2,1H3. The minimum absolute atomic E-state index is 0.174. The summed E-state index contributed by atoms with van der Waals surface area (Å²) in [6, 6.07) is 6.71.